The largest absolute Gasteiger partial charge is 0.564 e. The average molecular weight is 656 g/mol. The zero-order chi connectivity index (χ0) is 31.3. The van der Waals surface area contributed by atoms with Gasteiger partial charge in [-0.25, -0.2) is 22.0 Å². The second kappa shape index (κ2) is 13.8. The van der Waals surface area contributed by atoms with Gasteiger partial charge in [-0.15, -0.1) is 29.9 Å². The molecule has 233 valence electrons. The van der Waals surface area contributed by atoms with Crippen LogP contribution < -0.4 is 10.5 Å². The van der Waals surface area contributed by atoms with Gasteiger partial charge in [0.2, 0.25) is 10.0 Å². The van der Waals surface area contributed by atoms with Gasteiger partial charge in [0.05, 0.1) is 10.6 Å². The first-order chi connectivity index (χ1) is 18.6. The van der Waals surface area contributed by atoms with Crippen LogP contribution in [-0.4, -0.2) is 74.1 Å². The Bertz CT molecular complexity index is 1370. The minimum atomic E-state index is -5.88. The quantitative estimate of drug-likeness (QED) is 0.201. The van der Waals surface area contributed by atoms with Crippen molar-refractivity contribution in [2.75, 3.05) is 37.8 Å². The average Bonchev–Trinajstić information content (AvgIpc) is 2.84. The van der Waals surface area contributed by atoms with Crippen LogP contribution >= 0.6 is 11.8 Å². The molecule has 0 unspecified atom stereocenters. The van der Waals surface area contributed by atoms with Crippen molar-refractivity contribution >= 4 is 45.6 Å². The molecule has 0 fully saturated rings. The molecule has 2 aromatic carbocycles. The van der Waals surface area contributed by atoms with Crippen molar-refractivity contribution in [3.8, 4) is 0 Å². The molecule has 1 atom stereocenters. The van der Waals surface area contributed by atoms with Gasteiger partial charge in [0.15, 0.2) is 0 Å². The number of hydrogen-bond acceptors (Lipinski definition) is 8. The van der Waals surface area contributed by atoms with Gasteiger partial charge >= 0.3 is 5.51 Å². The molecular weight excluding hydrogens is 616 g/mol. The number of nitrogens with zero attached hydrogens (tertiary/aromatic N) is 1. The summed E-state index contributed by atoms with van der Waals surface area (Å²) in [6.45, 7) is 12.5. The minimum Gasteiger partial charge on any atom is -0.564 e. The summed E-state index contributed by atoms with van der Waals surface area (Å²) in [5, 5.41) is 8.09. The molecular formula is C26H40F3N3O5S3Si-. The maximum Gasteiger partial charge on any atom is 0.501 e. The zero-order valence-corrected chi connectivity index (χ0v) is 27.6. The highest BCUT2D eigenvalue weighted by Crippen LogP contribution is 2.37. The lowest BCUT2D eigenvalue weighted by Crippen LogP contribution is -2.42. The number of sulfone groups is 1. The maximum atomic E-state index is 13.5. The lowest BCUT2D eigenvalue weighted by molar-refractivity contribution is -0.0435. The Kier molecular flexibility index (Phi) is 12.0. The van der Waals surface area contributed by atoms with E-state index < -0.39 is 49.5 Å². The molecule has 0 saturated carbocycles. The Hall–Kier alpha value is -1.62. The van der Waals surface area contributed by atoms with Crippen LogP contribution in [0.15, 0.2) is 63.2 Å². The molecule has 2 rings (SSSR count). The summed E-state index contributed by atoms with van der Waals surface area (Å²) in [6.07, 6.45) is 0.457. The predicted molar refractivity (Wildman–Crippen MR) is 161 cm³/mol. The highest BCUT2D eigenvalue weighted by Gasteiger charge is 2.48. The van der Waals surface area contributed by atoms with E-state index in [2.05, 4.69) is 39.2 Å². The number of nitrogens with two attached hydrogens (primary N) is 1. The zero-order valence-electron chi connectivity index (χ0n) is 24.2. The first-order valence-electron chi connectivity index (χ1n) is 12.9. The van der Waals surface area contributed by atoms with Gasteiger partial charge in [0.25, 0.3) is 9.84 Å². The lowest BCUT2D eigenvalue weighted by Gasteiger charge is -2.48. The van der Waals surface area contributed by atoms with Crippen molar-refractivity contribution in [1.29, 1.82) is 0 Å². The normalized spacial score (nSPS) is 14.3. The molecule has 0 saturated heterocycles. The van der Waals surface area contributed by atoms with E-state index in [4.69, 9.17) is 9.56 Å². The van der Waals surface area contributed by atoms with Crippen LogP contribution in [-0.2, 0) is 24.3 Å². The number of primary sulfonamides is 1. The van der Waals surface area contributed by atoms with Crippen LogP contribution in [0.2, 0.25) is 18.1 Å². The molecule has 0 spiro atoms. The van der Waals surface area contributed by atoms with Gasteiger partial charge in [0.1, 0.15) is 4.90 Å². The lowest BCUT2D eigenvalue weighted by atomic mass is 10.2. The number of rotatable bonds is 14. The summed E-state index contributed by atoms with van der Waals surface area (Å²) in [5.74, 6) is 0.404. The van der Waals surface area contributed by atoms with Gasteiger partial charge in [0, 0.05) is 29.8 Å². The van der Waals surface area contributed by atoms with Crippen LogP contribution in [0.1, 0.15) is 27.2 Å². The molecule has 0 aromatic heterocycles. The SMILES string of the molecule is CN(CCO[Si-](C)(C)C(C)(C)C)CC[C@H](CSc1ccccc1)Nc1ccc(S(N)(=O)=O)cc1S(=O)(=O)C(F)(F)F. The molecule has 41 heavy (non-hydrogen) atoms. The highest BCUT2D eigenvalue weighted by atomic mass is 32.2. The van der Waals surface area contributed by atoms with E-state index in [0.717, 1.165) is 17.0 Å². The number of anilines is 1. The summed E-state index contributed by atoms with van der Waals surface area (Å²) in [4.78, 5) is 1.06. The molecule has 0 aliphatic carbocycles. The van der Waals surface area contributed by atoms with Crippen molar-refractivity contribution in [1.82, 2.24) is 4.90 Å². The number of sulfonamides is 1. The molecule has 0 bridgehead atoms. The Morgan fingerprint density at radius 2 is 1.63 bits per heavy atom. The number of nitrogens with one attached hydrogen (secondary N) is 1. The Morgan fingerprint density at radius 1 is 1.02 bits per heavy atom. The van der Waals surface area contributed by atoms with Gasteiger partial charge in [-0.05, 0) is 58.7 Å². The van der Waals surface area contributed by atoms with Crippen molar-refractivity contribution < 1.29 is 34.4 Å². The molecule has 0 aliphatic heterocycles. The van der Waals surface area contributed by atoms with Crippen molar-refractivity contribution in [3.63, 3.8) is 0 Å². The second-order valence-corrected chi connectivity index (χ2v) is 20.7. The molecule has 3 N–H and O–H groups in total. The molecule has 15 heteroatoms. The van der Waals surface area contributed by atoms with Crippen LogP contribution in [0.4, 0.5) is 18.9 Å². The number of halogens is 3. The third kappa shape index (κ3) is 10.3. The summed E-state index contributed by atoms with van der Waals surface area (Å²) in [6, 6.07) is 11.4. The molecule has 8 nitrogen and oxygen atoms in total. The summed E-state index contributed by atoms with van der Waals surface area (Å²) in [7, 11) is -10.3. The molecule has 0 heterocycles. The van der Waals surface area contributed by atoms with Crippen molar-refractivity contribution in [3.05, 3.63) is 48.5 Å². The number of hydrogen-bond donors (Lipinski definition) is 2. The van der Waals surface area contributed by atoms with E-state index in [0.29, 0.717) is 37.9 Å². The van der Waals surface area contributed by atoms with Gasteiger partial charge in [-0.3, -0.25) is 0 Å². The summed E-state index contributed by atoms with van der Waals surface area (Å²) >= 11 is 1.46. The first kappa shape index (κ1) is 35.6. The number of likely N-dealkylation sites (N-methyl/N-ethyl adjacent to an activating group) is 1. The minimum absolute atomic E-state index is 0.0719. The Morgan fingerprint density at radius 3 is 2.17 bits per heavy atom. The van der Waals surface area contributed by atoms with Crippen LogP contribution in [0.5, 0.6) is 0 Å². The second-order valence-electron chi connectivity index (χ2n) is 11.3. The van der Waals surface area contributed by atoms with Crippen LogP contribution in [0.25, 0.3) is 0 Å². The van der Waals surface area contributed by atoms with Crippen LogP contribution in [0, 0.1) is 0 Å². The van der Waals surface area contributed by atoms with E-state index in [1.54, 1.807) is 0 Å². The van der Waals surface area contributed by atoms with Crippen molar-refractivity contribution in [2.45, 2.75) is 71.6 Å². The molecule has 0 aliphatic rings. The highest BCUT2D eigenvalue weighted by molar-refractivity contribution is 7.99. The monoisotopic (exact) mass is 655 g/mol. The fraction of sp³-hybridized carbons (Fsp3) is 0.538. The maximum absolute atomic E-state index is 13.5. The van der Waals surface area contributed by atoms with E-state index in [9.17, 15) is 30.0 Å². The number of thioether (sulfide) groups is 1. The van der Waals surface area contributed by atoms with Gasteiger partial charge < -0.3 is 14.6 Å². The number of alkyl halides is 3. The van der Waals surface area contributed by atoms with E-state index in [1.165, 1.54) is 11.8 Å². The third-order valence-corrected chi connectivity index (χ3v) is 15.2. The van der Waals surface area contributed by atoms with Crippen LogP contribution in [0.3, 0.4) is 0 Å². The van der Waals surface area contributed by atoms with Gasteiger partial charge in [-0.2, -0.15) is 13.2 Å². The molecule has 0 radical (unpaired) electrons. The molecule has 0 amide bonds. The van der Waals surface area contributed by atoms with E-state index >= 15 is 0 Å². The third-order valence-electron chi connectivity index (χ3n) is 7.03. The standard InChI is InChI=1S/C26H40F3N3O5S3Si/c1-25(2,3)41(5,6)37-17-16-32(4)15-14-20(19-38-21-10-8-7-9-11-21)31-23-13-12-22(40(30,35)36)18-24(23)39(33,34)26(27,28)29/h7-13,18,20,31H,14-17,19H2,1-6H3,(H2,30,35,36)/q-1/t20-/m1/s1. The van der Waals surface area contributed by atoms with Gasteiger partial charge in [-0.1, -0.05) is 39.0 Å². The Balaban J connectivity index is 2.29. The van der Waals surface area contributed by atoms with Crippen molar-refractivity contribution in [2.24, 2.45) is 5.14 Å². The topological polar surface area (TPSA) is 119 Å². The molecule has 2 aromatic rings. The smallest absolute Gasteiger partial charge is 0.501 e. The summed E-state index contributed by atoms with van der Waals surface area (Å²) in [5.41, 5.74) is -5.99. The predicted octanol–water partition coefficient (Wildman–Crippen LogP) is 5.54. The fourth-order valence-electron chi connectivity index (χ4n) is 3.44. The van der Waals surface area contributed by atoms with E-state index in [1.807, 2.05) is 42.3 Å². The number of benzene rings is 2. The summed E-state index contributed by atoms with van der Waals surface area (Å²) < 4.78 is 95.3. The Labute approximate surface area is 247 Å². The first-order valence-corrected chi connectivity index (χ1v) is 19.8. The fourth-order valence-corrected chi connectivity index (χ4v) is 7.03. The van der Waals surface area contributed by atoms with E-state index in [-0.39, 0.29) is 10.7 Å².